The second-order valence-corrected chi connectivity index (χ2v) is 7.79. The summed E-state index contributed by atoms with van der Waals surface area (Å²) in [6.07, 6.45) is 20.4. The predicted octanol–water partition coefficient (Wildman–Crippen LogP) is -1.34. The summed E-state index contributed by atoms with van der Waals surface area (Å²) in [5.74, 6) is 0. The first kappa shape index (κ1) is 18.9. The number of allylic oxidation sites excluding steroid dienone is 12. The van der Waals surface area contributed by atoms with E-state index < -0.39 is 23.2 Å². The summed E-state index contributed by atoms with van der Waals surface area (Å²) in [6.45, 7) is 4.20. The molecule has 0 saturated heterocycles. The topological polar surface area (TPSA) is 0 Å². The molecule has 0 aromatic rings. The number of halogens is 2. The van der Waals surface area contributed by atoms with Crippen molar-refractivity contribution in [1.29, 1.82) is 0 Å². The summed E-state index contributed by atoms with van der Waals surface area (Å²) in [4.78, 5) is 0. The van der Waals surface area contributed by atoms with Crippen molar-refractivity contribution in [2.45, 2.75) is 26.7 Å². The molecule has 0 aliphatic heterocycles. The van der Waals surface area contributed by atoms with Gasteiger partial charge in [0.1, 0.15) is 0 Å². The van der Waals surface area contributed by atoms with E-state index in [4.69, 9.17) is 0 Å². The molecule has 100 valence electrons. The fourth-order valence-electron chi connectivity index (χ4n) is 2.14. The zero-order chi connectivity index (χ0) is 12.1. The van der Waals surface area contributed by atoms with Gasteiger partial charge in [0.2, 0.25) is 0 Å². The Morgan fingerprint density at radius 2 is 1.26 bits per heavy atom. The van der Waals surface area contributed by atoms with Crippen LogP contribution < -0.4 is 24.8 Å². The summed E-state index contributed by atoms with van der Waals surface area (Å²) < 4.78 is 3.46. The van der Waals surface area contributed by atoms with Crippen LogP contribution in [-0.4, -0.2) is 0 Å². The third-order valence-corrected chi connectivity index (χ3v) is 6.84. The summed E-state index contributed by atoms with van der Waals surface area (Å²) in [7, 11) is 0. The maximum atomic E-state index is 2.31. The molecule has 0 aromatic carbocycles. The Morgan fingerprint density at radius 3 is 1.63 bits per heavy atom. The third kappa shape index (κ3) is 5.06. The Kier molecular flexibility index (Phi) is 9.70. The SMILES string of the molecule is CC=CC1=[C]([Zr+2][C]2=C(C=CC)C=CC2)CC=C1.[Cl-].[Cl-]. The van der Waals surface area contributed by atoms with Crippen molar-refractivity contribution in [3.8, 4) is 0 Å². The van der Waals surface area contributed by atoms with Gasteiger partial charge >= 0.3 is 116 Å². The van der Waals surface area contributed by atoms with Gasteiger partial charge in [0, 0.05) is 0 Å². The predicted molar refractivity (Wildman–Crippen MR) is 71.2 cm³/mol. The van der Waals surface area contributed by atoms with Crippen LogP contribution in [0, 0.1) is 0 Å². The Bertz CT molecular complexity index is 433. The molecule has 0 fully saturated rings. The Hall–Kier alpha value is -0.0969. The first-order chi connectivity index (χ1) is 8.35. The molecule has 0 nitrogen and oxygen atoms in total. The van der Waals surface area contributed by atoms with Crippen LogP contribution in [0.5, 0.6) is 0 Å². The number of rotatable bonds is 4. The molecule has 0 aromatic heterocycles. The molecule has 0 N–H and O–H groups in total. The molecular weight excluding hydrogens is 354 g/mol. The molecule has 0 spiro atoms. The Morgan fingerprint density at radius 1 is 0.842 bits per heavy atom. The third-order valence-electron chi connectivity index (χ3n) is 2.93. The van der Waals surface area contributed by atoms with Crippen molar-refractivity contribution in [2.24, 2.45) is 0 Å². The van der Waals surface area contributed by atoms with E-state index in [1.54, 1.807) is 6.56 Å². The first-order valence-corrected chi connectivity index (χ1v) is 8.62. The van der Waals surface area contributed by atoms with Crippen molar-refractivity contribution in [1.82, 2.24) is 0 Å². The van der Waals surface area contributed by atoms with Crippen molar-refractivity contribution >= 4 is 0 Å². The van der Waals surface area contributed by atoms with Crippen molar-refractivity contribution in [3.05, 3.63) is 66.3 Å². The van der Waals surface area contributed by atoms with Gasteiger partial charge in [0.15, 0.2) is 0 Å². The van der Waals surface area contributed by atoms with E-state index in [1.165, 1.54) is 24.0 Å². The molecule has 2 rings (SSSR count). The van der Waals surface area contributed by atoms with E-state index in [2.05, 4.69) is 62.5 Å². The summed E-state index contributed by atoms with van der Waals surface area (Å²) in [5.41, 5.74) is 2.97. The van der Waals surface area contributed by atoms with Crippen LogP contribution in [0.4, 0.5) is 0 Å². The Labute approximate surface area is 140 Å². The van der Waals surface area contributed by atoms with E-state index in [-0.39, 0.29) is 24.8 Å². The van der Waals surface area contributed by atoms with E-state index in [0.29, 0.717) is 0 Å². The monoisotopic (exact) mass is 370 g/mol. The number of hydrogen-bond acceptors (Lipinski definition) is 0. The fraction of sp³-hybridized carbons (Fsp3) is 0.250. The van der Waals surface area contributed by atoms with Crippen LogP contribution in [0.2, 0.25) is 0 Å². The van der Waals surface area contributed by atoms with Crippen LogP contribution >= 0.6 is 0 Å². The van der Waals surface area contributed by atoms with Gasteiger partial charge in [-0.2, -0.15) is 0 Å². The smallest absolute Gasteiger partial charge is 1.00 e. The molecule has 2 aliphatic carbocycles. The molecule has 0 saturated carbocycles. The summed E-state index contributed by atoms with van der Waals surface area (Å²) in [6, 6.07) is 0. The molecule has 3 heteroatoms. The minimum absolute atomic E-state index is 0. The quantitative estimate of drug-likeness (QED) is 0.573. The molecule has 0 radical (unpaired) electrons. The van der Waals surface area contributed by atoms with E-state index in [1.807, 2.05) is 0 Å². The van der Waals surface area contributed by atoms with Crippen LogP contribution in [-0.2, 0) is 23.2 Å². The standard InChI is InChI=1S/2C8H9.2ClH.Zr/c2*1-2-5-8-6-3-4-7-8;;;/h2*2-3,5-6H,4H2,1H3;2*1H;/q;;;;+2/p-2. The molecule has 19 heavy (non-hydrogen) atoms. The van der Waals surface area contributed by atoms with Gasteiger partial charge in [-0.3, -0.25) is 0 Å². The molecule has 0 heterocycles. The minimum atomic E-state index is -0.545. The zero-order valence-corrected chi connectivity index (χ0v) is 15.3. The first-order valence-electron chi connectivity index (χ1n) is 6.17. The maximum Gasteiger partial charge on any atom is -1.00 e. The average molecular weight is 372 g/mol. The molecular formula is C16H18Cl2Zr. The summed E-state index contributed by atoms with van der Waals surface area (Å²) >= 11 is -0.545. The molecule has 0 amide bonds. The van der Waals surface area contributed by atoms with Crippen LogP contribution in [0.1, 0.15) is 26.7 Å². The zero-order valence-electron chi connectivity index (χ0n) is 11.3. The van der Waals surface area contributed by atoms with Gasteiger partial charge < -0.3 is 24.8 Å². The normalized spacial score (nSPS) is 17.4. The molecule has 2 aliphatic rings. The molecule has 0 atom stereocenters. The fourth-order valence-corrected chi connectivity index (χ4v) is 5.65. The maximum absolute atomic E-state index is 2.31. The van der Waals surface area contributed by atoms with Gasteiger partial charge in [-0.25, -0.2) is 0 Å². The summed E-state index contributed by atoms with van der Waals surface area (Å²) in [5, 5.41) is 0. The van der Waals surface area contributed by atoms with Crippen molar-refractivity contribution in [3.63, 3.8) is 0 Å². The average Bonchev–Trinajstić information content (AvgIpc) is 2.92. The van der Waals surface area contributed by atoms with Crippen LogP contribution in [0.25, 0.3) is 0 Å². The van der Waals surface area contributed by atoms with E-state index in [0.717, 1.165) is 0 Å². The van der Waals surface area contributed by atoms with Gasteiger partial charge in [-0.05, 0) is 0 Å². The number of hydrogen-bond donors (Lipinski definition) is 0. The van der Waals surface area contributed by atoms with Crippen molar-refractivity contribution < 1.29 is 48.0 Å². The second-order valence-electron chi connectivity index (χ2n) is 4.21. The second kappa shape index (κ2) is 9.75. The largest absolute Gasteiger partial charge is 1.00 e. The van der Waals surface area contributed by atoms with Gasteiger partial charge in [-0.1, -0.05) is 0 Å². The van der Waals surface area contributed by atoms with Gasteiger partial charge in [0.05, 0.1) is 0 Å². The minimum Gasteiger partial charge on any atom is -1.00 e. The van der Waals surface area contributed by atoms with Gasteiger partial charge in [0.25, 0.3) is 0 Å². The Balaban J connectivity index is 0.00000162. The van der Waals surface area contributed by atoms with E-state index in [9.17, 15) is 0 Å². The van der Waals surface area contributed by atoms with Gasteiger partial charge in [-0.15, -0.1) is 0 Å². The van der Waals surface area contributed by atoms with E-state index >= 15 is 0 Å². The van der Waals surface area contributed by atoms with Crippen LogP contribution in [0.3, 0.4) is 0 Å². The molecule has 0 bridgehead atoms. The van der Waals surface area contributed by atoms with Crippen molar-refractivity contribution in [2.75, 3.05) is 0 Å². The van der Waals surface area contributed by atoms with Crippen LogP contribution in [0.15, 0.2) is 66.3 Å². The molecule has 0 unspecified atom stereocenters.